The molecule has 30 heavy (non-hydrogen) atoms. The number of thioether (sulfide) groups is 1. The molecule has 2 aliphatic heterocycles. The topological polar surface area (TPSA) is 93.8 Å². The molecule has 0 bridgehead atoms. The van der Waals surface area contributed by atoms with Crippen LogP contribution >= 0.6 is 11.8 Å². The summed E-state index contributed by atoms with van der Waals surface area (Å²) >= 11 is 1.22. The van der Waals surface area contributed by atoms with Crippen molar-refractivity contribution in [2.75, 3.05) is 12.4 Å². The second kappa shape index (κ2) is 7.67. The van der Waals surface area contributed by atoms with Crippen LogP contribution in [0.15, 0.2) is 53.1 Å². The minimum absolute atomic E-state index is 0.0172. The second-order valence-corrected chi connectivity index (χ2v) is 8.05. The number of nitrogens with zero attached hydrogens (tertiary/aromatic N) is 2. The SMILES string of the molecule is CCOc1cc(C2CC(=O)N3C(=C2C#N)SCC3(O)c2ccc(F)cc2)ccc1O. The fourth-order valence-corrected chi connectivity index (χ4v) is 5.22. The number of amides is 1. The molecule has 1 fully saturated rings. The molecule has 154 valence electrons. The summed E-state index contributed by atoms with van der Waals surface area (Å²) < 4.78 is 18.8. The number of fused-ring (bicyclic) bond motifs is 1. The number of aliphatic hydroxyl groups is 1. The van der Waals surface area contributed by atoms with E-state index in [1.54, 1.807) is 19.1 Å². The lowest BCUT2D eigenvalue weighted by atomic mass is 9.85. The summed E-state index contributed by atoms with van der Waals surface area (Å²) in [7, 11) is 0. The fraction of sp³-hybridized carbons (Fsp3) is 0.273. The normalized spacial score (nSPS) is 23.3. The molecule has 6 nitrogen and oxygen atoms in total. The van der Waals surface area contributed by atoms with Crippen molar-refractivity contribution in [3.63, 3.8) is 0 Å². The first-order valence-electron chi connectivity index (χ1n) is 9.43. The second-order valence-electron chi connectivity index (χ2n) is 7.09. The Hall–Kier alpha value is -3.02. The minimum atomic E-state index is -1.65. The largest absolute Gasteiger partial charge is 0.504 e. The molecular weight excluding hydrogens is 407 g/mol. The van der Waals surface area contributed by atoms with Gasteiger partial charge in [0, 0.05) is 17.9 Å². The monoisotopic (exact) mass is 426 g/mol. The summed E-state index contributed by atoms with van der Waals surface area (Å²) in [6.45, 7) is 2.16. The molecule has 2 N–H and O–H groups in total. The van der Waals surface area contributed by atoms with Gasteiger partial charge in [0.2, 0.25) is 5.91 Å². The number of halogens is 1. The molecule has 8 heteroatoms. The summed E-state index contributed by atoms with van der Waals surface area (Å²) in [6.07, 6.45) is -0.0210. The lowest BCUT2D eigenvalue weighted by molar-refractivity contribution is -0.149. The highest BCUT2D eigenvalue weighted by Crippen LogP contribution is 2.52. The Bertz CT molecular complexity index is 1080. The zero-order chi connectivity index (χ0) is 21.5. The number of benzene rings is 2. The maximum absolute atomic E-state index is 13.3. The van der Waals surface area contributed by atoms with Gasteiger partial charge < -0.3 is 14.9 Å². The van der Waals surface area contributed by atoms with Gasteiger partial charge in [-0.1, -0.05) is 18.2 Å². The molecule has 0 saturated carbocycles. The highest BCUT2D eigenvalue weighted by Gasteiger charge is 2.51. The van der Waals surface area contributed by atoms with Crippen LogP contribution in [0.3, 0.4) is 0 Å². The first-order valence-corrected chi connectivity index (χ1v) is 10.4. The Balaban J connectivity index is 1.78. The number of nitriles is 1. The molecule has 0 radical (unpaired) electrons. The highest BCUT2D eigenvalue weighted by atomic mass is 32.2. The third-order valence-corrected chi connectivity index (χ3v) is 6.53. The van der Waals surface area contributed by atoms with Crippen molar-refractivity contribution in [2.24, 2.45) is 0 Å². The van der Waals surface area contributed by atoms with E-state index < -0.39 is 17.5 Å². The van der Waals surface area contributed by atoms with E-state index in [-0.39, 0.29) is 29.6 Å². The molecule has 4 rings (SSSR count). The zero-order valence-electron chi connectivity index (χ0n) is 16.1. The number of aromatic hydroxyl groups is 1. The number of carbonyl (C=O) groups excluding carboxylic acids is 1. The standard InChI is InChI=1S/C22H19FN2O4S/c1-2-29-19-9-13(3-8-18(19)26)16-10-20(27)25-21(17(16)11-24)30-12-22(25,28)14-4-6-15(23)7-5-14/h3-9,16,26,28H,2,10,12H2,1H3. The van der Waals surface area contributed by atoms with Gasteiger partial charge in [0.05, 0.1) is 29.0 Å². The molecule has 0 aromatic heterocycles. The van der Waals surface area contributed by atoms with Crippen LogP contribution in [0.5, 0.6) is 11.5 Å². The van der Waals surface area contributed by atoms with Gasteiger partial charge in [-0.25, -0.2) is 4.39 Å². The van der Waals surface area contributed by atoms with Crippen molar-refractivity contribution in [1.29, 1.82) is 5.26 Å². The van der Waals surface area contributed by atoms with E-state index in [1.165, 1.54) is 47.0 Å². The van der Waals surface area contributed by atoms with Gasteiger partial charge in [-0.15, -0.1) is 11.8 Å². The number of phenols is 1. The molecule has 1 saturated heterocycles. The number of hydrogen-bond donors (Lipinski definition) is 2. The molecule has 0 spiro atoms. The molecule has 2 aliphatic rings. The molecule has 1 amide bonds. The fourth-order valence-electron chi connectivity index (χ4n) is 3.86. The molecule has 2 aromatic rings. The van der Waals surface area contributed by atoms with E-state index in [0.717, 1.165) is 0 Å². The molecule has 0 aliphatic carbocycles. The van der Waals surface area contributed by atoms with Crippen molar-refractivity contribution in [2.45, 2.75) is 25.0 Å². The van der Waals surface area contributed by atoms with Crippen LogP contribution in [0.4, 0.5) is 4.39 Å². The van der Waals surface area contributed by atoms with Crippen LogP contribution in [0.2, 0.25) is 0 Å². The number of rotatable bonds is 4. The Morgan fingerprint density at radius 3 is 2.73 bits per heavy atom. The molecule has 2 aromatic carbocycles. The van der Waals surface area contributed by atoms with Crippen LogP contribution in [0.1, 0.15) is 30.4 Å². The van der Waals surface area contributed by atoms with Gasteiger partial charge in [0.1, 0.15) is 5.82 Å². The number of ether oxygens (including phenoxy) is 1. The van der Waals surface area contributed by atoms with E-state index >= 15 is 0 Å². The molecular formula is C22H19FN2O4S. The zero-order valence-corrected chi connectivity index (χ0v) is 16.9. The summed E-state index contributed by atoms with van der Waals surface area (Å²) in [6, 6.07) is 12.3. The van der Waals surface area contributed by atoms with Crippen LogP contribution in [0.25, 0.3) is 0 Å². The van der Waals surface area contributed by atoms with Gasteiger partial charge in [0.15, 0.2) is 17.2 Å². The Labute approximate surface area is 177 Å². The summed E-state index contributed by atoms with van der Waals surface area (Å²) in [5.41, 5.74) is -0.223. The summed E-state index contributed by atoms with van der Waals surface area (Å²) in [5.74, 6) is -0.889. The predicted octanol–water partition coefficient (Wildman–Crippen LogP) is 3.57. The average Bonchev–Trinajstić information content (AvgIpc) is 3.09. The lowest BCUT2D eigenvalue weighted by Gasteiger charge is -2.38. The molecule has 2 unspecified atom stereocenters. The minimum Gasteiger partial charge on any atom is -0.504 e. The first kappa shape index (κ1) is 20.3. The molecule has 2 atom stereocenters. The van der Waals surface area contributed by atoms with E-state index in [0.29, 0.717) is 28.3 Å². The maximum Gasteiger partial charge on any atom is 0.231 e. The lowest BCUT2D eigenvalue weighted by Crippen LogP contribution is -2.48. The van der Waals surface area contributed by atoms with Gasteiger partial charge >= 0.3 is 0 Å². The quantitative estimate of drug-likeness (QED) is 0.776. The van der Waals surface area contributed by atoms with Gasteiger partial charge in [-0.3, -0.25) is 9.69 Å². The summed E-state index contributed by atoms with van der Waals surface area (Å²) in [5, 5.41) is 31.6. The third kappa shape index (κ3) is 3.20. The average molecular weight is 426 g/mol. The van der Waals surface area contributed by atoms with Gasteiger partial charge in [-0.2, -0.15) is 5.26 Å². The van der Waals surface area contributed by atoms with E-state index in [4.69, 9.17) is 4.74 Å². The number of hydrogen-bond acceptors (Lipinski definition) is 6. The van der Waals surface area contributed by atoms with Crippen LogP contribution in [0, 0.1) is 17.1 Å². The van der Waals surface area contributed by atoms with E-state index in [9.17, 15) is 24.7 Å². The molecule has 2 heterocycles. The van der Waals surface area contributed by atoms with Crippen molar-refractivity contribution < 1.29 is 24.1 Å². The van der Waals surface area contributed by atoms with Crippen LogP contribution in [-0.4, -0.2) is 33.4 Å². The predicted molar refractivity (Wildman–Crippen MR) is 109 cm³/mol. The van der Waals surface area contributed by atoms with Gasteiger partial charge in [0.25, 0.3) is 0 Å². The smallest absolute Gasteiger partial charge is 0.231 e. The van der Waals surface area contributed by atoms with Gasteiger partial charge in [-0.05, 0) is 36.8 Å². The Morgan fingerprint density at radius 1 is 1.33 bits per heavy atom. The van der Waals surface area contributed by atoms with Crippen molar-refractivity contribution in [1.82, 2.24) is 4.90 Å². The highest BCUT2D eigenvalue weighted by molar-refractivity contribution is 8.03. The number of carbonyl (C=O) groups is 1. The Morgan fingerprint density at radius 2 is 2.07 bits per heavy atom. The van der Waals surface area contributed by atoms with Crippen molar-refractivity contribution >= 4 is 17.7 Å². The van der Waals surface area contributed by atoms with Crippen LogP contribution in [-0.2, 0) is 10.5 Å². The first-order chi connectivity index (χ1) is 14.4. The van der Waals surface area contributed by atoms with E-state index in [1.807, 2.05) is 0 Å². The Kier molecular flexibility index (Phi) is 5.18. The third-order valence-electron chi connectivity index (χ3n) is 5.30. The van der Waals surface area contributed by atoms with Crippen molar-refractivity contribution in [3.05, 3.63) is 70.0 Å². The van der Waals surface area contributed by atoms with Crippen molar-refractivity contribution in [3.8, 4) is 17.6 Å². The van der Waals surface area contributed by atoms with E-state index in [2.05, 4.69) is 6.07 Å². The number of phenolic OH excluding ortho intramolecular Hbond substituents is 1. The van der Waals surface area contributed by atoms with Crippen LogP contribution < -0.4 is 4.74 Å². The number of allylic oxidation sites excluding steroid dienone is 1. The summed E-state index contributed by atoms with van der Waals surface area (Å²) in [4.78, 5) is 14.4. The maximum atomic E-state index is 13.3.